The first-order valence-corrected chi connectivity index (χ1v) is 5.90. The highest BCUT2D eigenvalue weighted by Crippen LogP contribution is 2.19. The topological polar surface area (TPSA) is 38.9 Å². The molecule has 1 aromatic heterocycles. The first-order chi connectivity index (χ1) is 8.18. The van der Waals surface area contributed by atoms with Crippen molar-refractivity contribution >= 4 is 0 Å². The van der Waals surface area contributed by atoms with E-state index in [0.717, 1.165) is 12.1 Å². The highest BCUT2D eigenvalue weighted by atomic mass is 14.7. The van der Waals surface area contributed by atoms with E-state index >= 15 is 0 Å². The number of pyridine rings is 1. The summed E-state index contributed by atoms with van der Waals surface area (Å²) in [6, 6.07) is 12.3. The van der Waals surface area contributed by atoms with Crippen LogP contribution in [0.15, 0.2) is 42.6 Å². The molecule has 0 aliphatic carbocycles. The van der Waals surface area contributed by atoms with Crippen LogP contribution in [0, 0.1) is 13.8 Å². The molecule has 0 saturated heterocycles. The molecule has 17 heavy (non-hydrogen) atoms. The molecule has 2 nitrogen and oxygen atoms in total. The van der Waals surface area contributed by atoms with Crippen LogP contribution in [0.5, 0.6) is 0 Å². The number of rotatable bonds is 3. The van der Waals surface area contributed by atoms with Crippen molar-refractivity contribution in [1.82, 2.24) is 4.98 Å². The Hall–Kier alpha value is -1.67. The van der Waals surface area contributed by atoms with Gasteiger partial charge in [-0.05, 0) is 36.6 Å². The molecule has 1 heterocycles. The molecule has 2 aromatic rings. The molecule has 88 valence electrons. The first kappa shape index (κ1) is 11.8. The summed E-state index contributed by atoms with van der Waals surface area (Å²) in [4.78, 5) is 4.39. The minimum atomic E-state index is 0.0183. The number of nitrogens with zero attached hydrogens (tertiary/aromatic N) is 1. The summed E-state index contributed by atoms with van der Waals surface area (Å²) in [6.07, 6.45) is 2.62. The quantitative estimate of drug-likeness (QED) is 0.874. The van der Waals surface area contributed by atoms with Crippen LogP contribution in [0.3, 0.4) is 0 Å². The molecule has 1 unspecified atom stereocenters. The fraction of sp³-hybridized carbons (Fsp3) is 0.267. The zero-order valence-corrected chi connectivity index (χ0v) is 10.4. The molecule has 0 fully saturated rings. The lowest BCUT2D eigenvalue weighted by Crippen LogP contribution is -2.15. The summed E-state index contributed by atoms with van der Waals surface area (Å²) in [5.41, 5.74) is 11.0. The number of aromatic nitrogens is 1. The van der Waals surface area contributed by atoms with Crippen LogP contribution in [0.2, 0.25) is 0 Å². The van der Waals surface area contributed by atoms with Crippen LogP contribution in [0.4, 0.5) is 0 Å². The lowest BCUT2D eigenvalue weighted by Gasteiger charge is -2.15. The van der Waals surface area contributed by atoms with Crippen LogP contribution in [-0.2, 0) is 6.42 Å². The van der Waals surface area contributed by atoms with Gasteiger partial charge in [0.15, 0.2) is 0 Å². The van der Waals surface area contributed by atoms with Crippen molar-refractivity contribution in [3.63, 3.8) is 0 Å². The molecule has 0 aliphatic heterocycles. The van der Waals surface area contributed by atoms with E-state index in [1.54, 1.807) is 0 Å². The predicted octanol–water partition coefficient (Wildman–Crippen LogP) is 2.94. The molecule has 0 aliphatic rings. The van der Waals surface area contributed by atoms with Crippen LogP contribution in [0.1, 0.15) is 28.4 Å². The molecule has 2 heteroatoms. The van der Waals surface area contributed by atoms with Gasteiger partial charge in [-0.15, -0.1) is 0 Å². The Labute approximate surface area is 103 Å². The second-order valence-corrected chi connectivity index (χ2v) is 4.43. The lowest BCUT2D eigenvalue weighted by molar-refractivity contribution is 0.698. The predicted molar refractivity (Wildman–Crippen MR) is 70.8 cm³/mol. The second kappa shape index (κ2) is 5.11. The van der Waals surface area contributed by atoms with Crippen LogP contribution in [-0.4, -0.2) is 4.98 Å². The SMILES string of the molecule is Cc1ccccc1C(N)Cc1ncccc1C. The molecule has 0 bridgehead atoms. The normalized spacial score (nSPS) is 12.4. The van der Waals surface area contributed by atoms with Gasteiger partial charge in [0.05, 0.1) is 0 Å². The molecule has 2 rings (SSSR count). The largest absolute Gasteiger partial charge is 0.324 e. The van der Waals surface area contributed by atoms with Gasteiger partial charge < -0.3 is 5.73 Å². The molecule has 0 saturated carbocycles. The molecule has 0 spiro atoms. The molecule has 1 aromatic carbocycles. The second-order valence-electron chi connectivity index (χ2n) is 4.43. The van der Waals surface area contributed by atoms with Crippen molar-refractivity contribution < 1.29 is 0 Å². The average molecular weight is 226 g/mol. The smallest absolute Gasteiger partial charge is 0.0451 e. The van der Waals surface area contributed by atoms with Crippen molar-refractivity contribution in [1.29, 1.82) is 0 Å². The Bertz CT molecular complexity index is 506. The molecule has 0 radical (unpaired) electrons. The minimum Gasteiger partial charge on any atom is -0.324 e. The van der Waals surface area contributed by atoms with E-state index in [0.29, 0.717) is 0 Å². The Balaban J connectivity index is 2.20. The highest BCUT2D eigenvalue weighted by Gasteiger charge is 2.11. The van der Waals surface area contributed by atoms with E-state index in [1.807, 2.05) is 24.4 Å². The van der Waals surface area contributed by atoms with Crippen molar-refractivity contribution in [3.05, 3.63) is 65.0 Å². The van der Waals surface area contributed by atoms with Crippen LogP contribution >= 0.6 is 0 Å². The summed E-state index contributed by atoms with van der Waals surface area (Å²) < 4.78 is 0. The zero-order valence-electron chi connectivity index (χ0n) is 10.4. The number of aryl methyl sites for hydroxylation is 2. The van der Waals surface area contributed by atoms with Gasteiger partial charge in [0.2, 0.25) is 0 Å². The lowest BCUT2D eigenvalue weighted by atomic mass is 9.97. The summed E-state index contributed by atoms with van der Waals surface area (Å²) >= 11 is 0. The van der Waals surface area contributed by atoms with Gasteiger partial charge in [-0.3, -0.25) is 4.98 Å². The van der Waals surface area contributed by atoms with E-state index in [2.05, 4.69) is 37.0 Å². The molecular formula is C15H18N2. The number of benzene rings is 1. The number of hydrogen-bond donors (Lipinski definition) is 1. The fourth-order valence-electron chi connectivity index (χ4n) is 2.05. The molecule has 1 atom stereocenters. The Kier molecular flexibility index (Phi) is 3.55. The Morgan fingerprint density at radius 2 is 1.76 bits per heavy atom. The maximum atomic E-state index is 6.26. The van der Waals surface area contributed by atoms with Crippen molar-refractivity contribution in [2.24, 2.45) is 5.73 Å². The van der Waals surface area contributed by atoms with Gasteiger partial charge >= 0.3 is 0 Å². The van der Waals surface area contributed by atoms with E-state index in [4.69, 9.17) is 5.73 Å². The summed E-state index contributed by atoms with van der Waals surface area (Å²) in [5, 5.41) is 0. The van der Waals surface area contributed by atoms with Crippen molar-refractivity contribution in [2.45, 2.75) is 26.3 Å². The van der Waals surface area contributed by atoms with Gasteiger partial charge in [-0.2, -0.15) is 0 Å². The highest BCUT2D eigenvalue weighted by molar-refractivity contribution is 5.30. The van der Waals surface area contributed by atoms with Crippen LogP contribution < -0.4 is 5.73 Å². The van der Waals surface area contributed by atoms with Gasteiger partial charge in [-0.25, -0.2) is 0 Å². The molecular weight excluding hydrogens is 208 g/mol. The standard InChI is InChI=1S/C15H18N2/c1-11-6-3-4-8-13(11)14(16)10-15-12(2)7-5-9-17-15/h3-9,14H,10,16H2,1-2H3. The van der Waals surface area contributed by atoms with Crippen molar-refractivity contribution in [3.8, 4) is 0 Å². The van der Waals surface area contributed by atoms with E-state index in [-0.39, 0.29) is 6.04 Å². The third-order valence-electron chi connectivity index (χ3n) is 3.12. The molecule has 2 N–H and O–H groups in total. The minimum absolute atomic E-state index is 0.0183. The maximum Gasteiger partial charge on any atom is 0.0451 e. The molecule has 0 amide bonds. The monoisotopic (exact) mass is 226 g/mol. The zero-order chi connectivity index (χ0) is 12.3. The first-order valence-electron chi connectivity index (χ1n) is 5.90. The summed E-state index contributed by atoms with van der Waals surface area (Å²) in [7, 11) is 0. The van der Waals surface area contributed by atoms with Crippen molar-refractivity contribution in [2.75, 3.05) is 0 Å². The van der Waals surface area contributed by atoms with Gasteiger partial charge in [0.25, 0.3) is 0 Å². The van der Waals surface area contributed by atoms with Crippen LogP contribution in [0.25, 0.3) is 0 Å². The maximum absolute atomic E-state index is 6.26. The van der Waals surface area contributed by atoms with E-state index in [1.165, 1.54) is 16.7 Å². The van der Waals surface area contributed by atoms with Gasteiger partial charge in [0, 0.05) is 24.4 Å². The average Bonchev–Trinajstić information content (AvgIpc) is 2.32. The summed E-state index contributed by atoms with van der Waals surface area (Å²) in [5.74, 6) is 0. The number of hydrogen-bond acceptors (Lipinski definition) is 2. The third-order valence-corrected chi connectivity index (χ3v) is 3.12. The van der Waals surface area contributed by atoms with Gasteiger partial charge in [-0.1, -0.05) is 30.3 Å². The van der Waals surface area contributed by atoms with E-state index < -0.39 is 0 Å². The Morgan fingerprint density at radius 3 is 2.47 bits per heavy atom. The fourth-order valence-corrected chi connectivity index (χ4v) is 2.05. The summed E-state index contributed by atoms with van der Waals surface area (Å²) in [6.45, 7) is 4.17. The third kappa shape index (κ3) is 2.71. The van der Waals surface area contributed by atoms with E-state index in [9.17, 15) is 0 Å². The Morgan fingerprint density at radius 1 is 1.06 bits per heavy atom. The van der Waals surface area contributed by atoms with Gasteiger partial charge in [0.1, 0.15) is 0 Å². The number of nitrogens with two attached hydrogens (primary N) is 1.